The second kappa shape index (κ2) is 7.03. The number of fused-ring (bicyclic) bond motifs is 1. The molecule has 0 radical (unpaired) electrons. The largest absolute Gasteiger partial charge is 0.494 e. The molecule has 3 N–H and O–H groups in total. The molecule has 3 aromatic rings. The summed E-state index contributed by atoms with van der Waals surface area (Å²) < 4.78 is 49.9. The number of halogens is 3. The molecule has 2 aromatic heterocycles. The standard InChI is InChI=1S/C19H18F3N3O3S/c1-7(23)10-5-8(6-29-10)11-14(20)12(17(21)22)13-15(16(11)28-2)25(9-3-4-9)19(27)24-18(13)26/h5-7,9,17H,3-4,23H2,1-2H3,(H,24,26,27). The Hall–Kier alpha value is -2.59. The quantitative estimate of drug-likeness (QED) is 0.650. The molecule has 0 bridgehead atoms. The van der Waals surface area contributed by atoms with E-state index < -0.39 is 34.4 Å². The number of nitrogens with zero attached hydrogens (tertiary/aromatic N) is 1. The first-order valence-electron chi connectivity index (χ1n) is 8.96. The molecule has 0 saturated heterocycles. The minimum absolute atomic E-state index is 0.107. The van der Waals surface area contributed by atoms with Crippen LogP contribution in [0.25, 0.3) is 22.0 Å². The summed E-state index contributed by atoms with van der Waals surface area (Å²) in [7, 11) is 1.25. The summed E-state index contributed by atoms with van der Waals surface area (Å²) in [4.78, 5) is 27.7. The third kappa shape index (κ3) is 3.06. The van der Waals surface area contributed by atoms with Crippen LogP contribution < -0.4 is 21.7 Å². The van der Waals surface area contributed by atoms with E-state index in [1.165, 1.54) is 23.0 Å². The average Bonchev–Trinajstić information content (AvgIpc) is 3.35. The van der Waals surface area contributed by atoms with Crippen molar-refractivity contribution >= 4 is 22.2 Å². The van der Waals surface area contributed by atoms with Gasteiger partial charge < -0.3 is 10.5 Å². The highest BCUT2D eigenvalue weighted by Crippen LogP contribution is 2.46. The van der Waals surface area contributed by atoms with Crippen molar-refractivity contribution in [2.24, 2.45) is 5.73 Å². The third-order valence-electron chi connectivity index (χ3n) is 5.00. The zero-order chi connectivity index (χ0) is 21.0. The van der Waals surface area contributed by atoms with Crippen molar-refractivity contribution < 1.29 is 17.9 Å². The van der Waals surface area contributed by atoms with Gasteiger partial charge in [0.05, 0.1) is 23.6 Å². The van der Waals surface area contributed by atoms with Crippen molar-refractivity contribution in [2.75, 3.05) is 7.11 Å². The highest BCUT2D eigenvalue weighted by atomic mass is 32.1. The van der Waals surface area contributed by atoms with Crippen molar-refractivity contribution in [3.63, 3.8) is 0 Å². The Labute approximate surface area is 166 Å². The number of thiophene rings is 1. The molecule has 10 heteroatoms. The number of hydrogen-bond donors (Lipinski definition) is 2. The fraction of sp³-hybridized carbons (Fsp3) is 0.368. The van der Waals surface area contributed by atoms with Gasteiger partial charge in [0.2, 0.25) is 0 Å². The molecule has 1 aliphatic carbocycles. The van der Waals surface area contributed by atoms with Crippen LogP contribution in [0, 0.1) is 5.82 Å². The van der Waals surface area contributed by atoms with Crippen LogP contribution in [0.15, 0.2) is 21.0 Å². The monoisotopic (exact) mass is 425 g/mol. The number of aromatic amines is 1. The van der Waals surface area contributed by atoms with Crippen molar-refractivity contribution in [3.05, 3.63) is 48.5 Å². The van der Waals surface area contributed by atoms with Crippen LogP contribution in [-0.2, 0) is 0 Å². The van der Waals surface area contributed by atoms with Gasteiger partial charge in [-0.05, 0) is 36.8 Å². The van der Waals surface area contributed by atoms with Gasteiger partial charge in [-0.3, -0.25) is 14.3 Å². The average molecular weight is 425 g/mol. The van der Waals surface area contributed by atoms with Crippen molar-refractivity contribution in [1.29, 1.82) is 0 Å². The SMILES string of the molecule is COc1c(-c2csc(C(C)N)c2)c(F)c(C(F)F)c2c(=O)[nH]c(=O)n(C3CC3)c12. The van der Waals surface area contributed by atoms with E-state index >= 15 is 4.39 Å². The highest BCUT2D eigenvalue weighted by molar-refractivity contribution is 7.10. The van der Waals surface area contributed by atoms with Crippen LogP contribution in [0.4, 0.5) is 13.2 Å². The van der Waals surface area contributed by atoms with E-state index in [4.69, 9.17) is 10.5 Å². The number of hydrogen-bond acceptors (Lipinski definition) is 5. The van der Waals surface area contributed by atoms with Crippen LogP contribution in [0.3, 0.4) is 0 Å². The number of nitrogens with one attached hydrogen (secondary N) is 1. The molecule has 6 nitrogen and oxygen atoms in total. The lowest BCUT2D eigenvalue weighted by molar-refractivity contribution is 0.148. The van der Waals surface area contributed by atoms with Crippen molar-refractivity contribution in [3.8, 4) is 16.9 Å². The molecule has 2 heterocycles. The van der Waals surface area contributed by atoms with Gasteiger partial charge in [0.25, 0.3) is 12.0 Å². The number of benzene rings is 1. The number of ether oxygens (including phenoxy) is 1. The van der Waals surface area contributed by atoms with Gasteiger partial charge in [0.1, 0.15) is 11.3 Å². The molecule has 154 valence electrons. The Morgan fingerprint density at radius 2 is 2.03 bits per heavy atom. The summed E-state index contributed by atoms with van der Waals surface area (Å²) in [5.74, 6) is -1.36. The van der Waals surface area contributed by atoms with E-state index in [2.05, 4.69) is 0 Å². The van der Waals surface area contributed by atoms with Gasteiger partial charge in [0, 0.05) is 17.0 Å². The predicted octanol–water partition coefficient (Wildman–Crippen LogP) is 3.86. The number of aromatic nitrogens is 2. The third-order valence-corrected chi connectivity index (χ3v) is 6.14. The molecule has 1 unspecified atom stereocenters. The molecular formula is C19H18F3N3O3S. The van der Waals surface area contributed by atoms with Gasteiger partial charge >= 0.3 is 5.69 Å². The Kier molecular flexibility index (Phi) is 4.78. The second-order valence-corrected chi connectivity index (χ2v) is 7.99. The lowest BCUT2D eigenvalue weighted by atomic mass is 9.98. The number of alkyl halides is 2. The molecular weight excluding hydrogens is 407 g/mol. The topological polar surface area (TPSA) is 90.1 Å². The summed E-state index contributed by atoms with van der Waals surface area (Å²) in [6, 6.07) is 1.01. The maximum Gasteiger partial charge on any atom is 0.329 e. The zero-order valence-electron chi connectivity index (χ0n) is 15.6. The fourth-order valence-electron chi connectivity index (χ4n) is 3.55. The molecule has 0 spiro atoms. The Bertz CT molecular complexity index is 1230. The van der Waals surface area contributed by atoms with Crippen LogP contribution in [0.1, 0.15) is 48.7 Å². The van der Waals surface area contributed by atoms with Gasteiger partial charge in [-0.25, -0.2) is 18.0 Å². The van der Waals surface area contributed by atoms with Crippen LogP contribution in [0.5, 0.6) is 5.75 Å². The molecule has 1 saturated carbocycles. The van der Waals surface area contributed by atoms with Gasteiger partial charge in [0.15, 0.2) is 5.75 Å². The van der Waals surface area contributed by atoms with Gasteiger partial charge in [-0.15, -0.1) is 11.3 Å². The molecule has 0 aliphatic heterocycles. The minimum Gasteiger partial charge on any atom is -0.494 e. The summed E-state index contributed by atoms with van der Waals surface area (Å²) in [5.41, 5.74) is 3.01. The first-order chi connectivity index (χ1) is 13.8. The van der Waals surface area contributed by atoms with Crippen molar-refractivity contribution in [1.82, 2.24) is 9.55 Å². The maximum absolute atomic E-state index is 15.4. The molecule has 4 rings (SSSR count). The van der Waals surface area contributed by atoms with Crippen LogP contribution in [-0.4, -0.2) is 16.7 Å². The van der Waals surface area contributed by atoms with Gasteiger partial charge in [-0.1, -0.05) is 0 Å². The lowest BCUT2D eigenvalue weighted by Gasteiger charge is -2.19. The van der Waals surface area contributed by atoms with Crippen LogP contribution >= 0.6 is 11.3 Å². The molecule has 1 aromatic carbocycles. The maximum atomic E-state index is 15.4. The normalized spacial score (nSPS) is 15.3. The summed E-state index contributed by atoms with van der Waals surface area (Å²) in [6.07, 6.45) is -1.97. The van der Waals surface area contributed by atoms with E-state index in [1.807, 2.05) is 4.98 Å². The van der Waals surface area contributed by atoms with Gasteiger partial charge in [-0.2, -0.15) is 0 Å². The Morgan fingerprint density at radius 3 is 2.55 bits per heavy atom. The lowest BCUT2D eigenvalue weighted by Crippen LogP contribution is -2.31. The number of methoxy groups -OCH3 is 1. The summed E-state index contributed by atoms with van der Waals surface area (Å²) in [6.45, 7) is 1.75. The van der Waals surface area contributed by atoms with E-state index in [-0.39, 0.29) is 28.9 Å². The fourth-order valence-corrected chi connectivity index (χ4v) is 4.41. The predicted molar refractivity (Wildman–Crippen MR) is 104 cm³/mol. The Morgan fingerprint density at radius 1 is 1.34 bits per heavy atom. The second-order valence-electron chi connectivity index (χ2n) is 7.05. The number of nitrogens with two attached hydrogens (primary N) is 1. The van der Waals surface area contributed by atoms with E-state index in [0.29, 0.717) is 18.4 Å². The first kappa shape index (κ1) is 19.7. The summed E-state index contributed by atoms with van der Waals surface area (Å²) in [5, 5.41) is 1.03. The first-order valence-corrected chi connectivity index (χ1v) is 9.84. The zero-order valence-corrected chi connectivity index (χ0v) is 16.4. The van der Waals surface area contributed by atoms with Crippen LogP contribution in [0.2, 0.25) is 0 Å². The minimum atomic E-state index is -3.26. The molecule has 1 fully saturated rings. The molecule has 29 heavy (non-hydrogen) atoms. The van der Waals surface area contributed by atoms with E-state index in [0.717, 1.165) is 4.88 Å². The molecule has 1 aliphatic rings. The highest BCUT2D eigenvalue weighted by Gasteiger charge is 2.34. The smallest absolute Gasteiger partial charge is 0.329 e. The number of rotatable bonds is 5. The summed E-state index contributed by atoms with van der Waals surface area (Å²) >= 11 is 1.26. The van der Waals surface area contributed by atoms with E-state index in [9.17, 15) is 18.4 Å². The molecule has 0 amide bonds. The number of H-pyrrole nitrogens is 1. The van der Waals surface area contributed by atoms with E-state index in [1.54, 1.807) is 18.4 Å². The molecule has 1 atom stereocenters. The Balaban J connectivity index is 2.22. The van der Waals surface area contributed by atoms with Crippen molar-refractivity contribution in [2.45, 2.75) is 38.3 Å².